The van der Waals surface area contributed by atoms with Gasteiger partial charge in [-0.1, -0.05) is 19.9 Å². The molecule has 0 spiro atoms. The van der Waals surface area contributed by atoms with Crippen molar-refractivity contribution < 1.29 is 9.90 Å². The predicted octanol–water partition coefficient (Wildman–Crippen LogP) is 2.30. The van der Waals surface area contributed by atoms with Gasteiger partial charge in [0.1, 0.15) is 0 Å². The highest BCUT2D eigenvalue weighted by molar-refractivity contribution is 7.10. The van der Waals surface area contributed by atoms with Crippen molar-refractivity contribution in [2.75, 3.05) is 6.54 Å². The fraction of sp³-hybridized carbons (Fsp3) is 0.615. The van der Waals surface area contributed by atoms with Gasteiger partial charge in [-0.15, -0.1) is 11.3 Å². The summed E-state index contributed by atoms with van der Waals surface area (Å²) < 4.78 is 0. The molecule has 1 amide bonds. The lowest BCUT2D eigenvalue weighted by Gasteiger charge is -2.23. The first-order valence-electron chi connectivity index (χ1n) is 5.90. The standard InChI is InChI=1S/C13H21NO2S/c1-10(15)6-7-12(16)14-9-13(2,3)11-5-4-8-17-11/h4-5,8,10,15H,6-7,9H2,1-3H3,(H,14,16). The number of hydrogen-bond acceptors (Lipinski definition) is 3. The van der Waals surface area contributed by atoms with Crippen LogP contribution in [0.3, 0.4) is 0 Å². The zero-order valence-electron chi connectivity index (χ0n) is 10.7. The molecule has 1 unspecified atom stereocenters. The first kappa shape index (κ1) is 14.2. The van der Waals surface area contributed by atoms with Crippen molar-refractivity contribution in [1.82, 2.24) is 5.32 Å². The van der Waals surface area contributed by atoms with Gasteiger partial charge in [-0.3, -0.25) is 4.79 Å². The maximum atomic E-state index is 11.5. The van der Waals surface area contributed by atoms with Crippen LogP contribution in [0.1, 0.15) is 38.5 Å². The van der Waals surface area contributed by atoms with Gasteiger partial charge >= 0.3 is 0 Å². The van der Waals surface area contributed by atoms with E-state index in [1.54, 1.807) is 18.3 Å². The Morgan fingerprint density at radius 3 is 2.82 bits per heavy atom. The Morgan fingerprint density at radius 1 is 1.59 bits per heavy atom. The van der Waals surface area contributed by atoms with Crippen LogP contribution in [0.2, 0.25) is 0 Å². The summed E-state index contributed by atoms with van der Waals surface area (Å²) in [5, 5.41) is 14.1. The Morgan fingerprint density at radius 2 is 2.29 bits per heavy atom. The average Bonchev–Trinajstić information content (AvgIpc) is 2.77. The van der Waals surface area contributed by atoms with E-state index in [4.69, 9.17) is 5.11 Å². The SMILES string of the molecule is CC(O)CCC(=O)NCC(C)(C)c1cccs1. The van der Waals surface area contributed by atoms with Crippen LogP contribution in [0.15, 0.2) is 17.5 Å². The molecule has 4 heteroatoms. The molecule has 1 aromatic heterocycles. The Labute approximate surface area is 107 Å². The van der Waals surface area contributed by atoms with Crippen LogP contribution in [0.4, 0.5) is 0 Å². The maximum absolute atomic E-state index is 11.5. The predicted molar refractivity (Wildman–Crippen MR) is 71.3 cm³/mol. The molecule has 0 fully saturated rings. The Balaban J connectivity index is 2.37. The van der Waals surface area contributed by atoms with E-state index < -0.39 is 6.10 Å². The molecule has 0 saturated carbocycles. The number of aliphatic hydroxyl groups is 1. The Bertz CT molecular complexity index is 344. The molecule has 0 saturated heterocycles. The summed E-state index contributed by atoms with van der Waals surface area (Å²) in [5.41, 5.74) is -0.0331. The van der Waals surface area contributed by atoms with Gasteiger partial charge in [0.15, 0.2) is 0 Å². The van der Waals surface area contributed by atoms with Gasteiger partial charge in [-0.05, 0) is 24.8 Å². The van der Waals surface area contributed by atoms with E-state index in [0.717, 1.165) is 0 Å². The molecule has 0 aliphatic rings. The van der Waals surface area contributed by atoms with E-state index in [1.165, 1.54) is 4.88 Å². The third-order valence-corrected chi connectivity index (χ3v) is 3.94. The fourth-order valence-electron chi connectivity index (χ4n) is 1.50. The minimum Gasteiger partial charge on any atom is -0.393 e. The smallest absolute Gasteiger partial charge is 0.220 e. The second-order valence-corrected chi connectivity index (χ2v) is 5.97. The molecule has 0 aromatic carbocycles. The molecule has 1 rings (SSSR count). The molecule has 1 atom stereocenters. The number of rotatable bonds is 6. The summed E-state index contributed by atoms with van der Waals surface area (Å²) in [6.07, 6.45) is 0.495. The molecule has 0 aliphatic carbocycles. The van der Waals surface area contributed by atoms with E-state index in [0.29, 0.717) is 19.4 Å². The van der Waals surface area contributed by atoms with Gasteiger partial charge < -0.3 is 10.4 Å². The highest BCUT2D eigenvalue weighted by Crippen LogP contribution is 2.26. The number of nitrogens with one attached hydrogen (secondary N) is 1. The van der Waals surface area contributed by atoms with Gasteiger partial charge in [0, 0.05) is 23.3 Å². The van der Waals surface area contributed by atoms with E-state index in [1.807, 2.05) is 11.4 Å². The molecule has 1 heterocycles. The highest BCUT2D eigenvalue weighted by Gasteiger charge is 2.22. The molecule has 0 aliphatic heterocycles. The number of amides is 1. The number of aliphatic hydroxyl groups excluding tert-OH is 1. The van der Waals surface area contributed by atoms with Crippen LogP contribution in [0.5, 0.6) is 0 Å². The van der Waals surface area contributed by atoms with Crippen LogP contribution < -0.4 is 5.32 Å². The van der Waals surface area contributed by atoms with Crippen molar-refractivity contribution in [2.24, 2.45) is 0 Å². The van der Waals surface area contributed by atoms with Crippen LogP contribution in [-0.2, 0) is 10.2 Å². The molecule has 1 aromatic rings. The van der Waals surface area contributed by atoms with Gasteiger partial charge in [0.2, 0.25) is 5.91 Å². The quantitative estimate of drug-likeness (QED) is 0.819. The Kier molecular flexibility index (Phi) is 5.15. The minimum absolute atomic E-state index is 0.00975. The van der Waals surface area contributed by atoms with E-state index in [-0.39, 0.29) is 11.3 Å². The zero-order chi connectivity index (χ0) is 12.9. The molecule has 96 valence electrons. The summed E-state index contributed by atoms with van der Waals surface area (Å²) in [6, 6.07) is 4.11. The molecule has 3 nitrogen and oxygen atoms in total. The zero-order valence-corrected chi connectivity index (χ0v) is 11.5. The number of hydrogen-bond donors (Lipinski definition) is 2. The normalized spacial score (nSPS) is 13.4. The molecular formula is C13H21NO2S. The summed E-state index contributed by atoms with van der Waals surface area (Å²) in [4.78, 5) is 12.8. The van der Waals surface area contributed by atoms with Crippen molar-refractivity contribution in [3.8, 4) is 0 Å². The third kappa shape index (κ3) is 4.88. The topological polar surface area (TPSA) is 49.3 Å². The van der Waals surface area contributed by atoms with Crippen LogP contribution in [-0.4, -0.2) is 23.7 Å². The largest absolute Gasteiger partial charge is 0.393 e. The van der Waals surface area contributed by atoms with Crippen molar-refractivity contribution in [3.05, 3.63) is 22.4 Å². The molecule has 0 radical (unpaired) electrons. The fourth-order valence-corrected chi connectivity index (χ4v) is 2.35. The summed E-state index contributed by atoms with van der Waals surface area (Å²) in [5.74, 6) is 0.00975. The minimum atomic E-state index is -0.411. The molecule has 2 N–H and O–H groups in total. The van der Waals surface area contributed by atoms with Crippen molar-refractivity contribution in [3.63, 3.8) is 0 Å². The average molecular weight is 255 g/mol. The van der Waals surface area contributed by atoms with Gasteiger partial charge in [0.05, 0.1) is 6.10 Å². The van der Waals surface area contributed by atoms with E-state index >= 15 is 0 Å². The monoisotopic (exact) mass is 255 g/mol. The second-order valence-electron chi connectivity index (χ2n) is 5.03. The number of thiophene rings is 1. The number of carbonyl (C=O) groups is 1. The summed E-state index contributed by atoms with van der Waals surface area (Å²) >= 11 is 1.71. The molecule has 0 bridgehead atoms. The van der Waals surface area contributed by atoms with Crippen LogP contribution in [0, 0.1) is 0 Å². The van der Waals surface area contributed by atoms with Crippen LogP contribution >= 0.6 is 11.3 Å². The van der Waals surface area contributed by atoms with Crippen LogP contribution in [0.25, 0.3) is 0 Å². The Hall–Kier alpha value is -0.870. The second kappa shape index (κ2) is 6.17. The first-order valence-corrected chi connectivity index (χ1v) is 6.78. The lowest BCUT2D eigenvalue weighted by molar-refractivity contribution is -0.121. The molecule has 17 heavy (non-hydrogen) atoms. The van der Waals surface area contributed by atoms with Crippen molar-refractivity contribution in [2.45, 2.75) is 45.1 Å². The summed E-state index contributed by atoms with van der Waals surface area (Å²) in [7, 11) is 0. The van der Waals surface area contributed by atoms with Crippen molar-refractivity contribution >= 4 is 17.2 Å². The summed E-state index contributed by atoms with van der Waals surface area (Å²) in [6.45, 7) is 6.57. The third-order valence-electron chi connectivity index (χ3n) is 2.70. The number of carbonyl (C=O) groups excluding carboxylic acids is 1. The molecular weight excluding hydrogens is 234 g/mol. The van der Waals surface area contributed by atoms with Gasteiger partial charge in [0.25, 0.3) is 0 Å². The van der Waals surface area contributed by atoms with Gasteiger partial charge in [-0.25, -0.2) is 0 Å². The lowest BCUT2D eigenvalue weighted by Crippen LogP contribution is -2.36. The van der Waals surface area contributed by atoms with Gasteiger partial charge in [-0.2, -0.15) is 0 Å². The van der Waals surface area contributed by atoms with Crippen molar-refractivity contribution in [1.29, 1.82) is 0 Å². The highest BCUT2D eigenvalue weighted by atomic mass is 32.1. The maximum Gasteiger partial charge on any atom is 0.220 e. The van der Waals surface area contributed by atoms with E-state index in [2.05, 4.69) is 25.2 Å². The van der Waals surface area contributed by atoms with E-state index in [9.17, 15) is 4.79 Å². The first-order chi connectivity index (χ1) is 7.92. The lowest BCUT2D eigenvalue weighted by atomic mass is 9.91.